The zero-order chi connectivity index (χ0) is 12.5. The fourth-order valence-electron chi connectivity index (χ4n) is 2.40. The van der Waals surface area contributed by atoms with Crippen molar-refractivity contribution in [2.45, 2.75) is 19.8 Å². The summed E-state index contributed by atoms with van der Waals surface area (Å²) in [6.07, 6.45) is 2.05. The van der Waals surface area contributed by atoms with Crippen molar-refractivity contribution in [3.05, 3.63) is 18.0 Å². The van der Waals surface area contributed by atoms with Gasteiger partial charge in [0.1, 0.15) is 5.82 Å². The second-order valence-corrected chi connectivity index (χ2v) is 4.82. The second-order valence-electron chi connectivity index (χ2n) is 4.82. The predicted octanol–water partition coefficient (Wildman–Crippen LogP) is 0.641. The Balaban J connectivity index is 1.84. The minimum Gasteiger partial charge on any atom is -0.396 e. The van der Waals surface area contributed by atoms with Gasteiger partial charge in [-0.1, -0.05) is 0 Å². The van der Waals surface area contributed by atoms with Crippen LogP contribution in [-0.4, -0.2) is 44.6 Å². The lowest BCUT2D eigenvalue weighted by Crippen LogP contribution is -2.35. The largest absolute Gasteiger partial charge is 0.396 e. The average Bonchev–Trinajstić information content (AvgIpc) is 2.80. The van der Waals surface area contributed by atoms with Gasteiger partial charge in [-0.25, -0.2) is 0 Å². The molecule has 96 valence electrons. The van der Waals surface area contributed by atoms with Gasteiger partial charge in [0.25, 0.3) is 0 Å². The molecule has 1 aliphatic rings. The normalized spacial score (nSPS) is 17.6. The number of anilines is 1. The lowest BCUT2D eigenvalue weighted by Gasteiger charge is -2.31. The standard InChI is InChI=1S/C12H17N5O/c1-9-13-14-11-2-3-12(15-17(9)11)16-6-4-10(8-18)5-7-16/h2-3,10,18H,4-8H2,1H3. The first-order valence-electron chi connectivity index (χ1n) is 6.33. The van der Waals surface area contributed by atoms with Gasteiger partial charge in [0.05, 0.1) is 0 Å². The van der Waals surface area contributed by atoms with Crippen LogP contribution in [0.2, 0.25) is 0 Å². The molecule has 0 saturated carbocycles. The van der Waals surface area contributed by atoms with Crippen LogP contribution in [0.15, 0.2) is 12.1 Å². The first-order chi connectivity index (χ1) is 8.78. The Morgan fingerprint density at radius 1 is 1.28 bits per heavy atom. The summed E-state index contributed by atoms with van der Waals surface area (Å²) in [5.41, 5.74) is 0.779. The quantitative estimate of drug-likeness (QED) is 0.843. The molecule has 1 fully saturated rings. The number of aliphatic hydroxyl groups excluding tert-OH is 1. The molecule has 0 radical (unpaired) electrons. The number of aromatic nitrogens is 4. The molecule has 0 aromatic carbocycles. The number of aryl methyl sites for hydroxylation is 1. The molecular weight excluding hydrogens is 230 g/mol. The highest BCUT2D eigenvalue weighted by molar-refractivity contribution is 5.45. The Morgan fingerprint density at radius 3 is 2.78 bits per heavy atom. The molecule has 6 heteroatoms. The molecule has 0 spiro atoms. The molecule has 3 rings (SSSR count). The van der Waals surface area contributed by atoms with Gasteiger partial charge >= 0.3 is 0 Å². The summed E-state index contributed by atoms with van der Waals surface area (Å²) in [7, 11) is 0. The first-order valence-corrected chi connectivity index (χ1v) is 6.33. The maximum absolute atomic E-state index is 9.14. The maximum Gasteiger partial charge on any atom is 0.178 e. The van der Waals surface area contributed by atoms with E-state index in [0.717, 1.165) is 43.2 Å². The van der Waals surface area contributed by atoms with Gasteiger partial charge in [0, 0.05) is 19.7 Å². The van der Waals surface area contributed by atoms with Crippen molar-refractivity contribution in [3.8, 4) is 0 Å². The summed E-state index contributed by atoms with van der Waals surface area (Å²) in [5, 5.41) is 21.7. The van der Waals surface area contributed by atoms with Gasteiger partial charge in [0.15, 0.2) is 11.5 Å². The number of fused-ring (bicyclic) bond motifs is 1. The average molecular weight is 247 g/mol. The topological polar surface area (TPSA) is 66.5 Å². The highest BCUT2D eigenvalue weighted by atomic mass is 16.3. The summed E-state index contributed by atoms with van der Waals surface area (Å²) in [4.78, 5) is 2.26. The van der Waals surface area contributed by atoms with E-state index in [4.69, 9.17) is 5.11 Å². The third-order valence-corrected chi connectivity index (χ3v) is 3.60. The first kappa shape index (κ1) is 11.4. The molecule has 0 bridgehead atoms. The van der Waals surface area contributed by atoms with E-state index >= 15 is 0 Å². The van der Waals surface area contributed by atoms with Gasteiger partial charge in [-0.05, 0) is 37.8 Å². The minimum absolute atomic E-state index is 0.296. The third-order valence-electron chi connectivity index (χ3n) is 3.60. The van der Waals surface area contributed by atoms with Crippen LogP contribution < -0.4 is 4.90 Å². The van der Waals surface area contributed by atoms with E-state index in [1.54, 1.807) is 4.52 Å². The van der Waals surface area contributed by atoms with Crippen LogP contribution in [0.4, 0.5) is 5.82 Å². The van der Waals surface area contributed by atoms with Gasteiger partial charge in [-0.15, -0.1) is 15.3 Å². The smallest absolute Gasteiger partial charge is 0.178 e. The van der Waals surface area contributed by atoms with E-state index in [-0.39, 0.29) is 0 Å². The van der Waals surface area contributed by atoms with Crippen molar-refractivity contribution in [1.82, 2.24) is 19.8 Å². The molecule has 3 heterocycles. The zero-order valence-corrected chi connectivity index (χ0v) is 10.5. The van der Waals surface area contributed by atoms with E-state index in [1.807, 2.05) is 19.1 Å². The van der Waals surface area contributed by atoms with Crippen molar-refractivity contribution in [1.29, 1.82) is 0 Å². The fourth-order valence-corrected chi connectivity index (χ4v) is 2.40. The molecule has 1 saturated heterocycles. The number of rotatable bonds is 2. The van der Waals surface area contributed by atoms with E-state index in [0.29, 0.717) is 12.5 Å². The van der Waals surface area contributed by atoms with Crippen molar-refractivity contribution >= 4 is 11.5 Å². The monoisotopic (exact) mass is 247 g/mol. The summed E-state index contributed by atoms with van der Waals surface area (Å²) in [6, 6.07) is 3.93. The molecule has 0 aliphatic carbocycles. The van der Waals surface area contributed by atoms with Gasteiger partial charge in [-0.2, -0.15) is 4.52 Å². The Hall–Kier alpha value is -1.69. The molecule has 2 aromatic rings. The highest BCUT2D eigenvalue weighted by Gasteiger charge is 2.20. The van der Waals surface area contributed by atoms with Crippen LogP contribution in [0.3, 0.4) is 0 Å². The number of piperidine rings is 1. The maximum atomic E-state index is 9.14. The van der Waals surface area contributed by atoms with Crippen LogP contribution in [0.1, 0.15) is 18.7 Å². The fraction of sp³-hybridized carbons (Fsp3) is 0.583. The van der Waals surface area contributed by atoms with Crippen LogP contribution in [-0.2, 0) is 0 Å². The SMILES string of the molecule is Cc1nnc2ccc(N3CCC(CO)CC3)nn12. The molecular formula is C12H17N5O. The van der Waals surface area contributed by atoms with Gasteiger partial charge in [0.2, 0.25) is 0 Å². The van der Waals surface area contributed by atoms with Crippen LogP contribution in [0.5, 0.6) is 0 Å². The van der Waals surface area contributed by atoms with Gasteiger partial charge < -0.3 is 10.0 Å². The minimum atomic E-state index is 0.296. The van der Waals surface area contributed by atoms with Crippen LogP contribution >= 0.6 is 0 Å². The number of nitrogens with zero attached hydrogens (tertiary/aromatic N) is 5. The summed E-state index contributed by atoms with van der Waals surface area (Å²) in [6.45, 7) is 4.09. The van der Waals surface area contributed by atoms with Crippen molar-refractivity contribution in [2.75, 3.05) is 24.6 Å². The molecule has 1 aliphatic heterocycles. The second kappa shape index (κ2) is 4.53. The molecule has 0 atom stereocenters. The van der Waals surface area contributed by atoms with Gasteiger partial charge in [-0.3, -0.25) is 0 Å². The van der Waals surface area contributed by atoms with E-state index in [1.165, 1.54) is 0 Å². The third kappa shape index (κ3) is 1.92. The number of aliphatic hydroxyl groups is 1. The molecule has 18 heavy (non-hydrogen) atoms. The molecule has 0 unspecified atom stereocenters. The predicted molar refractivity (Wildman–Crippen MR) is 67.5 cm³/mol. The lowest BCUT2D eigenvalue weighted by atomic mass is 9.98. The highest BCUT2D eigenvalue weighted by Crippen LogP contribution is 2.21. The summed E-state index contributed by atoms with van der Waals surface area (Å²) < 4.78 is 1.77. The Bertz CT molecular complexity index is 544. The number of hydrogen-bond donors (Lipinski definition) is 1. The molecule has 1 N–H and O–H groups in total. The van der Waals surface area contributed by atoms with Crippen molar-refractivity contribution in [2.24, 2.45) is 5.92 Å². The van der Waals surface area contributed by atoms with Crippen molar-refractivity contribution in [3.63, 3.8) is 0 Å². The Morgan fingerprint density at radius 2 is 2.06 bits per heavy atom. The van der Waals surface area contributed by atoms with Crippen LogP contribution in [0, 0.1) is 12.8 Å². The van der Waals surface area contributed by atoms with E-state index in [9.17, 15) is 0 Å². The molecule has 6 nitrogen and oxygen atoms in total. The van der Waals surface area contributed by atoms with Crippen LogP contribution in [0.25, 0.3) is 5.65 Å². The van der Waals surface area contributed by atoms with Crippen molar-refractivity contribution < 1.29 is 5.11 Å². The summed E-state index contributed by atoms with van der Waals surface area (Å²) >= 11 is 0. The number of hydrogen-bond acceptors (Lipinski definition) is 5. The molecule has 2 aromatic heterocycles. The molecule has 0 amide bonds. The zero-order valence-electron chi connectivity index (χ0n) is 10.5. The van der Waals surface area contributed by atoms with E-state index < -0.39 is 0 Å². The Labute approximate surface area is 105 Å². The summed E-state index contributed by atoms with van der Waals surface area (Å²) in [5.74, 6) is 2.21. The Kier molecular flexibility index (Phi) is 2.87. The van der Waals surface area contributed by atoms with E-state index in [2.05, 4.69) is 20.2 Å². The lowest BCUT2D eigenvalue weighted by molar-refractivity contribution is 0.202.